The fraction of sp³-hybridized carbons (Fsp3) is 0. The smallest absolute Gasteiger partial charge is 0.0562 e. The van der Waals surface area contributed by atoms with Gasteiger partial charge in [0.05, 0.1) is 22.4 Å². The second kappa shape index (κ2) is 11.8. The Balaban J connectivity index is 1.27. The van der Waals surface area contributed by atoms with Crippen LogP contribution >= 0.6 is 0 Å². The lowest BCUT2D eigenvalue weighted by Gasteiger charge is -2.28. The van der Waals surface area contributed by atoms with E-state index < -0.39 is 0 Å². The maximum absolute atomic E-state index is 2.44. The van der Waals surface area contributed by atoms with Crippen molar-refractivity contribution in [3.05, 3.63) is 194 Å². The Morgan fingerprint density at radius 2 is 0.896 bits per heavy atom. The van der Waals surface area contributed by atoms with Gasteiger partial charge in [0.25, 0.3) is 0 Å². The van der Waals surface area contributed by atoms with Crippen LogP contribution in [0.2, 0.25) is 0 Å². The number of rotatable bonds is 6. The number of aromatic nitrogens is 1. The Bertz CT molecular complexity index is 2530. The Morgan fingerprint density at radius 1 is 0.333 bits per heavy atom. The number of benzene rings is 8. The molecular formula is C46H32N2. The Morgan fingerprint density at radius 3 is 1.65 bits per heavy atom. The molecule has 0 atom stereocenters. The highest BCUT2D eigenvalue weighted by molar-refractivity contribution is 6.18. The molecule has 0 bridgehead atoms. The molecule has 0 aliphatic heterocycles. The predicted octanol–water partition coefficient (Wildman–Crippen LogP) is 12.7. The average Bonchev–Trinajstić information content (AvgIpc) is 3.51. The van der Waals surface area contributed by atoms with Gasteiger partial charge in [-0.3, -0.25) is 0 Å². The van der Waals surface area contributed by atoms with E-state index in [9.17, 15) is 0 Å². The van der Waals surface area contributed by atoms with E-state index in [-0.39, 0.29) is 0 Å². The molecule has 48 heavy (non-hydrogen) atoms. The number of hydrogen-bond donors (Lipinski definition) is 0. The summed E-state index contributed by atoms with van der Waals surface area (Å²) in [4.78, 5) is 2.44. The molecule has 9 aromatic rings. The van der Waals surface area contributed by atoms with Gasteiger partial charge in [-0.25, -0.2) is 0 Å². The van der Waals surface area contributed by atoms with Gasteiger partial charge in [0.2, 0.25) is 0 Å². The topological polar surface area (TPSA) is 8.17 Å². The maximum atomic E-state index is 2.44. The van der Waals surface area contributed by atoms with Crippen molar-refractivity contribution >= 4 is 49.6 Å². The van der Waals surface area contributed by atoms with Crippen LogP contribution in [0.4, 0.5) is 17.1 Å². The van der Waals surface area contributed by atoms with Gasteiger partial charge in [-0.1, -0.05) is 146 Å². The van der Waals surface area contributed by atoms with Crippen molar-refractivity contribution in [3.63, 3.8) is 0 Å². The van der Waals surface area contributed by atoms with Crippen LogP contribution in [-0.4, -0.2) is 4.57 Å². The molecule has 0 unspecified atom stereocenters. The van der Waals surface area contributed by atoms with Crippen LogP contribution in [0.25, 0.3) is 60.5 Å². The Kier molecular flexibility index (Phi) is 6.84. The molecule has 0 spiro atoms. The summed E-state index contributed by atoms with van der Waals surface area (Å²) in [5, 5.41) is 4.88. The highest BCUT2D eigenvalue weighted by Crippen LogP contribution is 2.46. The van der Waals surface area contributed by atoms with Crippen LogP contribution in [0.15, 0.2) is 194 Å². The summed E-state index contributed by atoms with van der Waals surface area (Å²) in [6.45, 7) is 0. The molecule has 1 aromatic heterocycles. The fourth-order valence-corrected chi connectivity index (χ4v) is 7.23. The zero-order valence-electron chi connectivity index (χ0n) is 26.4. The number of fused-ring (bicyclic) bond motifs is 4. The zero-order chi connectivity index (χ0) is 31.9. The summed E-state index contributed by atoms with van der Waals surface area (Å²) in [6, 6.07) is 69.8. The molecule has 0 radical (unpaired) electrons. The molecule has 0 amide bonds. The van der Waals surface area contributed by atoms with Crippen molar-refractivity contribution in [3.8, 4) is 27.9 Å². The second-order valence-electron chi connectivity index (χ2n) is 12.2. The van der Waals surface area contributed by atoms with E-state index in [0.29, 0.717) is 0 Å². The number of anilines is 3. The lowest BCUT2D eigenvalue weighted by atomic mass is 9.94. The molecule has 0 aliphatic rings. The molecule has 1 heterocycles. The van der Waals surface area contributed by atoms with Crippen LogP contribution in [0.1, 0.15) is 0 Å². The summed E-state index contributed by atoms with van der Waals surface area (Å²) in [5.41, 5.74) is 11.8. The van der Waals surface area contributed by atoms with E-state index in [1.165, 1.54) is 54.8 Å². The van der Waals surface area contributed by atoms with Crippen LogP contribution in [0, 0.1) is 0 Å². The van der Waals surface area contributed by atoms with E-state index in [0.717, 1.165) is 22.7 Å². The molecule has 0 N–H and O–H groups in total. The molecule has 226 valence electrons. The van der Waals surface area contributed by atoms with E-state index in [4.69, 9.17) is 0 Å². The van der Waals surface area contributed by atoms with E-state index >= 15 is 0 Å². The van der Waals surface area contributed by atoms with E-state index in [2.05, 4.69) is 204 Å². The third kappa shape index (κ3) is 4.66. The van der Waals surface area contributed by atoms with Gasteiger partial charge in [-0.15, -0.1) is 0 Å². The summed E-state index contributed by atoms with van der Waals surface area (Å²) in [5.74, 6) is 0. The Labute approximate surface area is 280 Å². The molecule has 0 saturated carbocycles. The van der Waals surface area contributed by atoms with Gasteiger partial charge in [-0.05, 0) is 76.2 Å². The molecule has 0 fully saturated rings. The molecule has 0 saturated heterocycles. The summed E-state index contributed by atoms with van der Waals surface area (Å²) < 4.78 is 2.39. The van der Waals surface area contributed by atoms with E-state index in [1.54, 1.807) is 0 Å². The monoisotopic (exact) mass is 612 g/mol. The first-order valence-electron chi connectivity index (χ1n) is 16.5. The molecule has 0 aliphatic carbocycles. The maximum Gasteiger partial charge on any atom is 0.0562 e. The van der Waals surface area contributed by atoms with Crippen LogP contribution in [-0.2, 0) is 0 Å². The van der Waals surface area contributed by atoms with Gasteiger partial charge in [0, 0.05) is 27.5 Å². The first-order valence-corrected chi connectivity index (χ1v) is 16.5. The van der Waals surface area contributed by atoms with Gasteiger partial charge in [-0.2, -0.15) is 0 Å². The van der Waals surface area contributed by atoms with E-state index in [1.807, 2.05) is 0 Å². The predicted molar refractivity (Wildman–Crippen MR) is 204 cm³/mol. The van der Waals surface area contributed by atoms with Crippen molar-refractivity contribution in [2.24, 2.45) is 0 Å². The van der Waals surface area contributed by atoms with Crippen molar-refractivity contribution in [1.29, 1.82) is 0 Å². The first-order chi connectivity index (χ1) is 23.8. The normalized spacial score (nSPS) is 11.3. The number of nitrogens with zero attached hydrogens (tertiary/aromatic N) is 2. The van der Waals surface area contributed by atoms with Crippen LogP contribution in [0.3, 0.4) is 0 Å². The zero-order valence-corrected chi connectivity index (χ0v) is 26.4. The minimum absolute atomic E-state index is 1.12. The fourth-order valence-electron chi connectivity index (χ4n) is 7.23. The third-order valence-electron chi connectivity index (χ3n) is 9.39. The van der Waals surface area contributed by atoms with Gasteiger partial charge >= 0.3 is 0 Å². The summed E-state index contributed by atoms with van der Waals surface area (Å²) in [7, 11) is 0. The van der Waals surface area contributed by atoms with Crippen LogP contribution < -0.4 is 4.90 Å². The van der Waals surface area contributed by atoms with Gasteiger partial charge in [0.15, 0.2) is 0 Å². The standard InChI is InChI=1S/C46H32N2/c1-4-15-33(16-5-1)34-27-29-35(30-28-34)38-31-32-43(40-22-11-10-21-39(38)40)48(37-19-8-3-9-20-37)45-26-14-25-44-46(45)41-23-12-13-24-42(41)47(44)36-17-6-2-7-18-36/h1-32H. The van der Waals surface area contributed by atoms with Gasteiger partial charge < -0.3 is 9.47 Å². The summed E-state index contributed by atoms with van der Waals surface area (Å²) in [6.07, 6.45) is 0. The highest BCUT2D eigenvalue weighted by Gasteiger charge is 2.22. The number of hydrogen-bond acceptors (Lipinski definition) is 1. The van der Waals surface area contributed by atoms with Crippen molar-refractivity contribution in [2.45, 2.75) is 0 Å². The Hall–Kier alpha value is -6.38. The second-order valence-corrected chi connectivity index (χ2v) is 12.2. The highest BCUT2D eigenvalue weighted by atomic mass is 15.1. The van der Waals surface area contributed by atoms with Gasteiger partial charge in [0.1, 0.15) is 0 Å². The first kappa shape index (κ1) is 27.9. The largest absolute Gasteiger partial charge is 0.309 e. The summed E-state index contributed by atoms with van der Waals surface area (Å²) >= 11 is 0. The lowest BCUT2D eigenvalue weighted by Crippen LogP contribution is -2.11. The van der Waals surface area contributed by atoms with Crippen molar-refractivity contribution < 1.29 is 0 Å². The molecule has 2 heteroatoms. The van der Waals surface area contributed by atoms with Crippen molar-refractivity contribution in [2.75, 3.05) is 4.90 Å². The molecule has 9 rings (SSSR count). The molecule has 2 nitrogen and oxygen atoms in total. The lowest BCUT2D eigenvalue weighted by molar-refractivity contribution is 1.18. The SMILES string of the molecule is c1ccc(-c2ccc(-c3ccc(N(c4ccccc4)c4cccc5c4c4ccccc4n5-c4ccccc4)c4ccccc34)cc2)cc1. The minimum Gasteiger partial charge on any atom is -0.309 e. The quantitative estimate of drug-likeness (QED) is 0.181. The third-order valence-corrected chi connectivity index (χ3v) is 9.39. The molecular weight excluding hydrogens is 581 g/mol. The average molecular weight is 613 g/mol. The van der Waals surface area contributed by atoms with Crippen molar-refractivity contribution in [1.82, 2.24) is 4.57 Å². The number of para-hydroxylation sites is 3. The minimum atomic E-state index is 1.12. The van der Waals surface area contributed by atoms with Crippen LogP contribution in [0.5, 0.6) is 0 Å². The molecule has 8 aromatic carbocycles.